The molecule has 4 rings (SSSR count). The SMILES string of the molecule is Cc1ccc(N2C(=O)NC(=O)/C(=C\c3ccc(OCc4cccc(C(=O)O)c4)c(Br)c3)C2=O)cc1. The maximum Gasteiger partial charge on any atom is 0.335 e. The van der Waals surface area contributed by atoms with Crippen molar-refractivity contribution in [1.82, 2.24) is 5.32 Å². The zero-order chi connectivity index (χ0) is 25.1. The van der Waals surface area contributed by atoms with E-state index in [1.54, 1.807) is 54.6 Å². The number of hydrogen-bond acceptors (Lipinski definition) is 5. The molecule has 9 heteroatoms. The highest BCUT2D eigenvalue weighted by atomic mass is 79.9. The Labute approximate surface area is 209 Å². The maximum absolute atomic E-state index is 13.0. The third-order valence-corrected chi connectivity index (χ3v) is 5.85. The van der Waals surface area contributed by atoms with Crippen molar-refractivity contribution in [2.45, 2.75) is 13.5 Å². The molecule has 0 atom stereocenters. The minimum Gasteiger partial charge on any atom is -0.488 e. The summed E-state index contributed by atoms with van der Waals surface area (Å²) in [6.45, 7) is 2.03. The Morgan fingerprint density at radius 3 is 2.49 bits per heavy atom. The zero-order valence-electron chi connectivity index (χ0n) is 18.4. The van der Waals surface area contributed by atoms with Gasteiger partial charge in [-0.15, -0.1) is 0 Å². The number of imide groups is 2. The van der Waals surface area contributed by atoms with Gasteiger partial charge in [0.25, 0.3) is 11.8 Å². The van der Waals surface area contributed by atoms with Crippen LogP contribution in [0.25, 0.3) is 6.08 Å². The number of nitrogens with one attached hydrogen (secondary N) is 1. The second-order valence-electron chi connectivity index (χ2n) is 7.78. The summed E-state index contributed by atoms with van der Waals surface area (Å²) < 4.78 is 6.35. The van der Waals surface area contributed by atoms with Gasteiger partial charge in [-0.05, 0) is 76.5 Å². The molecule has 1 saturated heterocycles. The van der Waals surface area contributed by atoms with Gasteiger partial charge in [0.05, 0.1) is 15.7 Å². The quantitative estimate of drug-likeness (QED) is 0.350. The maximum atomic E-state index is 13.0. The van der Waals surface area contributed by atoms with Gasteiger partial charge in [0.15, 0.2) is 0 Å². The highest BCUT2D eigenvalue weighted by molar-refractivity contribution is 9.10. The van der Waals surface area contributed by atoms with Crippen LogP contribution in [0.15, 0.2) is 76.8 Å². The Morgan fingerprint density at radius 1 is 1.06 bits per heavy atom. The molecule has 0 bridgehead atoms. The first-order valence-electron chi connectivity index (χ1n) is 10.5. The van der Waals surface area contributed by atoms with E-state index in [1.807, 2.05) is 6.92 Å². The molecule has 0 spiro atoms. The van der Waals surface area contributed by atoms with E-state index >= 15 is 0 Å². The topological polar surface area (TPSA) is 113 Å². The zero-order valence-corrected chi connectivity index (χ0v) is 20.0. The van der Waals surface area contributed by atoms with Crippen molar-refractivity contribution in [3.05, 3.63) is 99.0 Å². The van der Waals surface area contributed by atoms with Crippen LogP contribution in [0.2, 0.25) is 0 Å². The first-order valence-corrected chi connectivity index (χ1v) is 11.2. The number of carbonyl (C=O) groups excluding carboxylic acids is 3. The van der Waals surface area contributed by atoms with Crippen molar-refractivity contribution in [3.8, 4) is 5.75 Å². The van der Waals surface area contributed by atoms with Crippen LogP contribution in [-0.2, 0) is 16.2 Å². The standard InChI is InChI=1S/C26H19BrN2O6/c1-15-5-8-19(9-6-15)29-24(31)20(23(30)28-26(29)34)12-16-7-10-22(21(27)13-16)35-14-17-3-2-4-18(11-17)25(32)33/h2-13H,14H2,1H3,(H,32,33)(H,28,30,34)/b20-12+. The first kappa shape index (κ1) is 23.9. The summed E-state index contributed by atoms with van der Waals surface area (Å²) in [5.41, 5.74) is 2.53. The van der Waals surface area contributed by atoms with Crippen LogP contribution in [0.3, 0.4) is 0 Å². The monoisotopic (exact) mass is 534 g/mol. The number of carboxylic acid groups (broad SMARTS) is 1. The second kappa shape index (κ2) is 9.94. The van der Waals surface area contributed by atoms with Gasteiger partial charge in [0.2, 0.25) is 0 Å². The molecule has 2 N–H and O–H groups in total. The Bertz CT molecular complexity index is 1380. The summed E-state index contributed by atoms with van der Waals surface area (Å²) in [5.74, 6) is -2.03. The van der Waals surface area contributed by atoms with Gasteiger partial charge < -0.3 is 9.84 Å². The number of aryl methyl sites for hydroxylation is 1. The largest absolute Gasteiger partial charge is 0.488 e. The average molecular weight is 535 g/mol. The molecule has 0 unspecified atom stereocenters. The molecule has 35 heavy (non-hydrogen) atoms. The Hall–Kier alpha value is -4.24. The van der Waals surface area contributed by atoms with Crippen LogP contribution in [-0.4, -0.2) is 28.9 Å². The number of hydrogen-bond donors (Lipinski definition) is 2. The average Bonchev–Trinajstić information content (AvgIpc) is 2.82. The number of carbonyl (C=O) groups is 4. The number of rotatable bonds is 6. The van der Waals surface area contributed by atoms with E-state index in [0.717, 1.165) is 10.5 Å². The molecule has 3 aromatic carbocycles. The van der Waals surface area contributed by atoms with Gasteiger partial charge in [0, 0.05) is 0 Å². The van der Waals surface area contributed by atoms with Crippen molar-refractivity contribution >= 4 is 51.5 Å². The molecule has 8 nitrogen and oxygen atoms in total. The summed E-state index contributed by atoms with van der Waals surface area (Å²) in [6.07, 6.45) is 1.40. The number of halogens is 1. The molecular formula is C26H19BrN2O6. The number of anilines is 1. The van der Waals surface area contributed by atoms with E-state index in [4.69, 9.17) is 9.84 Å². The van der Waals surface area contributed by atoms with Gasteiger partial charge in [0.1, 0.15) is 17.9 Å². The molecule has 3 aromatic rings. The lowest BCUT2D eigenvalue weighted by Gasteiger charge is -2.26. The minimum atomic E-state index is -1.02. The molecule has 0 aromatic heterocycles. The van der Waals surface area contributed by atoms with E-state index in [1.165, 1.54) is 18.2 Å². The van der Waals surface area contributed by atoms with Crippen LogP contribution in [0.5, 0.6) is 5.75 Å². The Kier molecular flexibility index (Phi) is 6.79. The number of aromatic carboxylic acids is 1. The summed E-state index contributed by atoms with van der Waals surface area (Å²) in [6, 6.07) is 17.4. The molecule has 176 valence electrons. The van der Waals surface area contributed by atoms with E-state index < -0.39 is 23.8 Å². The van der Waals surface area contributed by atoms with Gasteiger partial charge in [-0.1, -0.05) is 35.9 Å². The Balaban J connectivity index is 1.54. The van der Waals surface area contributed by atoms with E-state index in [-0.39, 0.29) is 17.7 Å². The van der Waals surface area contributed by atoms with Crippen molar-refractivity contribution in [1.29, 1.82) is 0 Å². The summed E-state index contributed by atoms with van der Waals surface area (Å²) in [4.78, 5) is 49.8. The highest BCUT2D eigenvalue weighted by Crippen LogP contribution is 2.29. The molecule has 0 aliphatic carbocycles. The van der Waals surface area contributed by atoms with Gasteiger partial charge >= 0.3 is 12.0 Å². The fourth-order valence-electron chi connectivity index (χ4n) is 3.43. The highest BCUT2D eigenvalue weighted by Gasteiger charge is 2.36. The van der Waals surface area contributed by atoms with Crippen molar-refractivity contribution in [2.24, 2.45) is 0 Å². The van der Waals surface area contributed by atoms with Gasteiger partial charge in [-0.25, -0.2) is 14.5 Å². The van der Waals surface area contributed by atoms with Crippen LogP contribution in [0.4, 0.5) is 10.5 Å². The van der Waals surface area contributed by atoms with Crippen molar-refractivity contribution in [3.63, 3.8) is 0 Å². The lowest BCUT2D eigenvalue weighted by molar-refractivity contribution is -0.122. The lowest BCUT2D eigenvalue weighted by Crippen LogP contribution is -2.54. The lowest BCUT2D eigenvalue weighted by atomic mass is 10.1. The molecule has 1 aliphatic rings. The third-order valence-electron chi connectivity index (χ3n) is 5.23. The number of ether oxygens (including phenoxy) is 1. The minimum absolute atomic E-state index is 0.147. The molecular weight excluding hydrogens is 516 g/mol. The van der Waals surface area contributed by atoms with Crippen LogP contribution >= 0.6 is 15.9 Å². The fraction of sp³-hybridized carbons (Fsp3) is 0.0769. The normalized spacial score (nSPS) is 14.7. The molecule has 1 heterocycles. The van der Waals surface area contributed by atoms with Crippen LogP contribution < -0.4 is 15.0 Å². The summed E-state index contributed by atoms with van der Waals surface area (Å²) >= 11 is 3.42. The first-order chi connectivity index (χ1) is 16.7. The van der Waals surface area contributed by atoms with Gasteiger partial charge in [-0.2, -0.15) is 0 Å². The van der Waals surface area contributed by atoms with E-state index in [0.29, 0.717) is 27.0 Å². The number of carboxylic acids is 1. The number of urea groups is 1. The molecule has 4 amide bonds. The van der Waals surface area contributed by atoms with Crippen molar-refractivity contribution in [2.75, 3.05) is 4.90 Å². The molecule has 1 fully saturated rings. The fourth-order valence-corrected chi connectivity index (χ4v) is 3.94. The number of barbiturate groups is 1. The number of nitrogens with zero attached hydrogens (tertiary/aromatic N) is 1. The van der Waals surface area contributed by atoms with E-state index in [2.05, 4.69) is 21.2 Å². The number of benzene rings is 3. The van der Waals surface area contributed by atoms with Crippen molar-refractivity contribution < 1.29 is 29.0 Å². The Morgan fingerprint density at radius 2 is 1.80 bits per heavy atom. The predicted molar refractivity (Wildman–Crippen MR) is 132 cm³/mol. The van der Waals surface area contributed by atoms with E-state index in [9.17, 15) is 19.2 Å². The predicted octanol–water partition coefficient (Wildman–Crippen LogP) is 4.70. The number of amides is 4. The molecule has 0 saturated carbocycles. The summed E-state index contributed by atoms with van der Waals surface area (Å²) in [7, 11) is 0. The van der Waals surface area contributed by atoms with Crippen LogP contribution in [0.1, 0.15) is 27.0 Å². The van der Waals surface area contributed by atoms with Crippen LogP contribution in [0, 0.1) is 6.92 Å². The second-order valence-corrected chi connectivity index (χ2v) is 8.63. The summed E-state index contributed by atoms with van der Waals surface area (Å²) in [5, 5.41) is 11.3. The molecule has 1 aliphatic heterocycles. The third kappa shape index (κ3) is 5.30. The molecule has 0 radical (unpaired) electrons. The smallest absolute Gasteiger partial charge is 0.335 e. The van der Waals surface area contributed by atoms with Gasteiger partial charge in [-0.3, -0.25) is 14.9 Å².